The highest BCUT2D eigenvalue weighted by Gasteiger charge is 2.24. The Kier molecular flexibility index (Phi) is 5.14. The first-order valence-electron chi connectivity index (χ1n) is 6.64. The number of amides is 2. The highest BCUT2D eigenvalue weighted by molar-refractivity contribution is 9.10. The first-order chi connectivity index (χ1) is 9.56. The molecule has 1 aliphatic heterocycles. The second-order valence-electron chi connectivity index (χ2n) is 4.85. The summed E-state index contributed by atoms with van der Waals surface area (Å²) in [4.78, 5) is 25.7. The van der Waals surface area contributed by atoms with Crippen LogP contribution in [0.3, 0.4) is 0 Å². The summed E-state index contributed by atoms with van der Waals surface area (Å²) in [5, 5.41) is 5.93. The highest BCUT2D eigenvalue weighted by Crippen LogP contribution is 2.15. The van der Waals surface area contributed by atoms with Gasteiger partial charge in [0.15, 0.2) is 0 Å². The monoisotopic (exact) mass is 339 g/mol. The van der Waals surface area contributed by atoms with Gasteiger partial charge in [0.2, 0.25) is 11.8 Å². The van der Waals surface area contributed by atoms with Crippen LogP contribution >= 0.6 is 15.9 Å². The van der Waals surface area contributed by atoms with Crippen molar-refractivity contribution in [2.24, 2.45) is 0 Å². The zero-order valence-corrected chi connectivity index (χ0v) is 12.9. The predicted molar refractivity (Wildman–Crippen MR) is 81.4 cm³/mol. The molecule has 1 saturated heterocycles. The standard InChI is InChI=1S/C14H18BrN3O2/c1-10-14(20)18(7-3-6-16-10)9-13(19)17-12-5-2-4-11(15)8-12/h2,4-5,8,10,16H,3,6-7,9H2,1H3,(H,17,19). The molecule has 2 rings (SSSR count). The lowest BCUT2D eigenvalue weighted by Gasteiger charge is -2.22. The molecule has 0 aliphatic carbocycles. The van der Waals surface area contributed by atoms with Crippen LogP contribution in [-0.4, -0.2) is 42.4 Å². The van der Waals surface area contributed by atoms with Crippen LogP contribution in [-0.2, 0) is 9.59 Å². The molecule has 1 aromatic carbocycles. The molecule has 0 radical (unpaired) electrons. The molecule has 2 amide bonds. The van der Waals surface area contributed by atoms with Crippen molar-refractivity contribution in [1.82, 2.24) is 10.2 Å². The van der Waals surface area contributed by atoms with Gasteiger partial charge in [-0.15, -0.1) is 0 Å². The largest absolute Gasteiger partial charge is 0.332 e. The first kappa shape index (κ1) is 15.0. The van der Waals surface area contributed by atoms with Crippen molar-refractivity contribution < 1.29 is 9.59 Å². The van der Waals surface area contributed by atoms with Crippen molar-refractivity contribution in [3.05, 3.63) is 28.7 Å². The van der Waals surface area contributed by atoms with Crippen LogP contribution in [0.5, 0.6) is 0 Å². The highest BCUT2D eigenvalue weighted by atomic mass is 79.9. The summed E-state index contributed by atoms with van der Waals surface area (Å²) in [6.45, 7) is 3.34. The van der Waals surface area contributed by atoms with E-state index in [1.807, 2.05) is 31.2 Å². The van der Waals surface area contributed by atoms with E-state index < -0.39 is 0 Å². The molecule has 0 aromatic heterocycles. The Hall–Kier alpha value is -1.40. The van der Waals surface area contributed by atoms with Crippen LogP contribution in [0.2, 0.25) is 0 Å². The van der Waals surface area contributed by atoms with E-state index in [0.29, 0.717) is 6.54 Å². The Morgan fingerprint density at radius 3 is 3.10 bits per heavy atom. The average molecular weight is 340 g/mol. The number of carbonyl (C=O) groups excluding carboxylic acids is 2. The number of anilines is 1. The Balaban J connectivity index is 1.95. The number of carbonyl (C=O) groups is 2. The van der Waals surface area contributed by atoms with Gasteiger partial charge in [-0.2, -0.15) is 0 Å². The third-order valence-corrected chi connectivity index (χ3v) is 3.67. The maximum Gasteiger partial charge on any atom is 0.243 e. The van der Waals surface area contributed by atoms with Crippen molar-refractivity contribution in [2.75, 3.05) is 25.0 Å². The smallest absolute Gasteiger partial charge is 0.243 e. The molecule has 1 fully saturated rings. The minimum atomic E-state index is -0.226. The molecule has 20 heavy (non-hydrogen) atoms. The molecular formula is C14H18BrN3O2. The maximum absolute atomic E-state index is 12.1. The van der Waals surface area contributed by atoms with Gasteiger partial charge < -0.3 is 15.5 Å². The molecule has 2 N–H and O–H groups in total. The van der Waals surface area contributed by atoms with Crippen molar-refractivity contribution in [3.63, 3.8) is 0 Å². The second kappa shape index (κ2) is 6.85. The van der Waals surface area contributed by atoms with Crippen LogP contribution in [0.4, 0.5) is 5.69 Å². The zero-order chi connectivity index (χ0) is 14.5. The summed E-state index contributed by atoms with van der Waals surface area (Å²) in [6, 6.07) is 7.16. The van der Waals surface area contributed by atoms with Gasteiger partial charge in [-0.3, -0.25) is 9.59 Å². The number of nitrogens with zero attached hydrogens (tertiary/aromatic N) is 1. The van der Waals surface area contributed by atoms with E-state index in [2.05, 4.69) is 26.6 Å². The fraction of sp³-hybridized carbons (Fsp3) is 0.429. The Morgan fingerprint density at radius 1 is 1.55 bits per heavy atom. The lowest BCUT2D eigenvalue weighted by Crippen LogP contribution is -2.44. The molecule has 1 aliphatic rings. The number of nitrogens with one attached hydrogen (secondary N) is 2. The van der Waals surface area contributed by atoms with E-state index in [4.69, 9.17) is 0 Å². The van der Waals surface area contributed by atoms with Gasteiger partial charge in [-0.1, -0.05) is 22.0 Å². The van der Waals surface area contributed by atoms with E-state index in [0.717, 1.165) is 23.1 Å². The molecule has 0 bridgehead atoms. The lowest BCUT2D eigenvalue weighted by atomic mass is 10.3. The van der Waals surface area contributed by atoms with Crippen LogP contribution in [0.25, 0.3) is 0 Å². The molecule has 1 unspecified atom stereocenters. The summed E-state index contributed by atoms with van der Waals surface area (Å²) in [5.74, 6) is -0.197. The van der Waals surface area contributed by atoms with Gasteiger partial charge in [-0.25, -0.2) is 0 Å². The van der Waals surface area contributed by atoms with Crippen molar-refractivity contribution in [2.45, 2.75) is 19.4 Å². The molecule has 0 spiro atoms. The third-order valence-electron chi connectivity index (χ3n) is 3.18. The Labute approximate surface area is 126 Å². The molecule has 1 heterocycles. The van der Waals surface area contributed by atoms with Gasteiger partial charge in [0.05, 0.1) is 12.6 Å². The number of hydrogen-bond donors (Lipinski definition) is 2. The summed E-state index contributed by atoms with van der Waals surface area (Å²) in [7, 11) is 0. The third kappa shape index (κ3) is 4.05. The molecule has 108 valence electrons. The SMILES string of the molecule is CC1NCCCN(CC(=O)Nc2cccc(Br)c2)C1=O. The van der Waals surface area contributed by atoms with E-state index in [1.54, 1.807) is 4.90 Å². The average Bonchev–Trinajstić information content (AvgIpc) is 2.54. The molecule has 1 atom stereocenters. The Morgan fingerprint density at radius 2 is 2.35 bits per heavy atom. The maximum atomic E-state index is 12.1. The number of benzene rings is 1. The van der Waals surface area contributed by atoms with Gasteiger partial charge in [0.1, 0.15) is 0 Å². The molecular weight excluding hydrogens is 322 g/mol. The zero-order valence-electron chi connectivity index (χ0n) is 11.4. The van der Waals surface area contributed by atoms with Gasteiger partial charge in [0, 0.05) is 16.7 Å². The normalized spacial score (nSPS) is 19.6. The van der Waals surface area contributed by atoms with E-state index in [9.17, 15) is 9.59 Å². The van der Waals surface area contributed by atoms with Crippen LogP contribution in [0.15, 0.2) is 28.7 Å². The number of rotatable bonds is 3. The van der Waals surface area contributed by atoms with Crippen LogP contribution < -0.4 is 10.6 Å². The van der Waals surface area contributed by atoms with Gasteiger partial charge in [-0.05, 0) is 38.1 Å². The molecule has 0 saturated carbocycles. The minimum absolute atomic E-state index is 0.0214. The summed E-state index contributed by atoms with van der Waals surface area (Å²) in [5.41, 5.74) is 0.720. The minimum Gasteiger partial charge on any atom is -0.332 e. The van der Waals surface area contributed by atoms with Crippen LogP contribution in [0.1, 0.15) is 13.3 Å². The van der Waals surface area contributed by atoms with E-state index >= 15 is 0 Å². The first-order valence-corrected chi connectivity index (χ1v) is 7.43. The fourth-order valence-electron chi connectivity index (χ4n) is 2.16. The van der Waals surface area contributed by atoms with Crippen molar-refractivity contribution >= 4 is 33.4 Å². The topological polar surface area (TPSA) is 61.4 Å². The summed E-state index contributed by atoms with van der Waals surface area (Å²) >= 11 is 3.35. The fourth-order valence-corrected chi connectivity index (χ4v) is 2.56. The molecule has 6 heteroatoms. The van der Waals surface area contributed by atoms with Crippen molar-refractivity contribution in [1.29, 1.82) is 0 Å². The lowest BCUT2D eigenvalue weighted by molar-refractivity contribution is -0.135. The van der Waals surface area contributed by atoms with Gasteiger partial charge in [0.25, 0.3) is 0 Å². The predicted octanol–water partition coefficient (Wildman–Crippen LogP) is 1.60. The number of halogens is 1. The van der Waals surface area contributed by atoms with Crippen LogP contribution in [0, 0.1) is 0 Å². The summed E-state index contributed by atoms with van der Waals surface area (Å²) in [6.07, 6.45) is 0.861. The summed E-state index contributed by atoms with van der Waals surface area (Å²) < 4.78 is 0.902. The molecule has 5 nitrogen and oxygen atoms in total. The van der Waals surface area contributed by atoms with E-state index in [-0.39, 0.29) is 24.4 Å². The van der Waals surface area contributed by atoms with Crippen molar-refractivity contribution in [3.8, 4) is 0 Å². The van der Waals surface area contributed by atoms with Gasteiger partial charge >= 0.3 is 0 Å². The second-order valence-corrected chi connectivity index (χ2v) is 5.76. The Bertz CT molecular complexity index is 507. The quantitative estimate of drug-likeness (QED) is 0.879. The molecule has 1 aromatic rings. The van der Waals surface area contributed by atoms with E-state index in [1.165, 1.54) is 0 Å². The number of hydrogen-bond acceptors (Lipinski definition) is 3.